The highest BCUT2D eigenvalue weighted by atomic mass is 32.2. The van der Waals surface area contributed by atoms with E-state index in [2.05, 4.69) is 11.9 Å². The summed E-state index contributed by atoms with van der Waals surface area (Å²) in [6.07, 6.45) is 1.19. The lowest BCUT2D eigenvalue weighted by Gasteiger charge is -2.37. The van der Waals surface area contributed by atoms with Crippen LogP contribution >= 0.6 is 0 Å². The van der Waals surface area contributed by atoms with Crippen molar-refractivity contribution in [3.63, 3.8) is 0 Å². The third kappa shape index (κ3) is 3.79. The molecule has 2 aromatic carbocycles. The fraction of sp³-hybridized carbons (Fsp3) is 0.476. The van der Waals surface area contributed by atoms with E-state index in [1.807, 2.05) is 35.2 Å². The first kappa shape index (κ1) is 19.4. The molecule has 28 heavy (non-hydrogen) atoms. The minimum atomic E-state index is -3.53. The Labute approximate surface area is 166 Å². The van der Waals surface area contributed by atoms with Gasteiger partial charge in [-0.25, -0.2) is 8.42 Å². The Morgan fingerprint density at radius 3 is 2.21 bits per heavy atom. The van der Waals surface area contributed by atoms with E-state index in [-0.39, 0.29) is 11.8 Å². The second-order valence-electron chi connectivity index (χ2n) is 7.82. The maximum absolute atomic E-state index is 13.1. The number of carbonyl (C=O) groups excluding carboxylic acids is 1. The normalized spacial score (nSPS) is 20.5. The van der Waals surface area contributed by atoms with Crippen LogP contribution in [0.5, 0.6) is 0 Å². The summed E-state index contributed by atoms with van der Waals surface area (Å²) in [6, 6.07) is 13.0. The molecule has 2 aromatic rings. The van der Waals surface area contributed by atoms with Crippen LogP contribution in [0.1, 0.15) is 12.8 Å². The molecule has 0 aliphatic carbocycles. The van der Waals surface area contributed by atoms with E-state index >= 15 is 0 Å². The van der Waals surface area contributed by atoms with Crippen molar-refractivity contribution in [1.29, 1.82) is 0 Å². The first-order chi connectivity index (χ1) is 13.4. The van der Waals surface area contributed by atoms with Crippen molar-refractivity contribution in [2.45, 2.75) is 17.7 Å². The molecule has 0 unspecified atom stereocenters. The van der Waals surface area contributed by atoms with E-state index in [4.69, 9.17) is 0 Å². The van der Waals surface area contributed by atoms with Crippen LogP contribution in [0, 0.1) is 5.92 Å². The first-order valence-electron chi connectivity index (χ1n) is 9.91. The van der Waals surface area contributed by atoms with Gasteiger partial charge in [-0.15, -0.1) is 0 Å². The smallest absolute Gasteiger partial charge is 0.243 e. The molecule has 0 spiro atoms. The summed E-state index contributed by atoms with van der Waals surface area (Å²) in [4.78, 5) is 17.3. The van der Waals surface area contributed by atoms with Gasteiger partial charge in [-0.1, -0.05) is 30.3 Å². The van der Waals surface area contributed by atoms with Gasteiger partial charge in [0.1, 0.15) is 0 Å². The molecule has 0 saturated carbocycles. The van der Waals surface area contributed by atoms with Gasteiger partial charge < -0.3 is 9.80 Å². The van der Waals surface area contributed by atoms with Crippen LogP contribution in [0.4, 0.5) is 0 Å². The van der Waals surface area contributed by atoms with E-state index in [1.165, 1.54) is 4.31 Å². The molecular weight excluding hydrogens is 374 g/mol. The minimum absolute atomic E-state index is 0.0635. The lowest BCUT2D eigenvalue weighted by molar-refractivity contribution is -0.138. The van der Waals surface area contributed by atoms with Crippen LogP contribution in [-0.2, 0) is 14.8 Å². The summed E-state index contributed by atoms with van der Waals surface area (Å²) in [5.74, 6) is 0.127. The Bertz CT molecular complexity index is 960. The molecule has 2 fully saturated rings. The molecule has 2 aliphatic heterocycles. The lowest BCUT2D eigenvalue weighted by Crippen LogP contribution is -2.50. The van der Waals surface area contributed by atoms with Gasteiger partial charge in [-0.2, -0.15) is 4.31 Å². The van der Waals surface area contributed by atoms with Gasteiger partial charge in [0.25, 0.3) is 0 Å². The second-order valence-corrected chi connectivity index (χ2v) is 9.75. The van der Waals surface area contributed by atoms with Crippen molar-refractivity contribution in [1.82, 2.24) is 14.1 Å². The van der Waals surface area contributed by atoms with E-state index in [1.54, 1.807) is 12.1 Å². The predicted molar refractivity (Wildman–Crippen MR) is 110 cm³/mol. The number of carbonyl (C=O) groups is 1. The molecule has 0 aromatic heterocycles. The van der Waals surface area contributed by atoms with E-state index < -0.39 is 10.0 Å². The molecule has 1 amide bonds. The predicted octanol–water partition coefficient (Wildman–Crippen LogP) is 2.01. The molecule has 2 saturated heterocycles. The topological polar surface area (TPSA) is 60.9 Å². The SMILES string of the molecule is CN1CCN(C(=O)C2CCN(S(=O)(=O)c3ccc4ccccc4c3)CC2)CC1. The Hall–Kier alpha value is -1.96. The number of piperidine rings is 1. The Morgan fingerprint density at radius 2 is 1.54 bits per heavy atom. The quantitative estimate of drug-likeness (QED) is 0.790. The van der Waals surface area contributed by atoms with Crippen LogP contribution in [0.2, 0.25) is 0 Å². The Morgan fingerprint density at radius 1 is 0.893 bits per heavy atom. The zero-order valence-corrected chi connectivity index (χ0v) is 17.1. The van der Waals surface area contributed by atoms with Crippen molar-refractivity contribution in [3.05, 3.63) is 42.5 Å². The van der Waals surface area contributed by atoms with E-state index in [9.17, 15) is 13.2 Å². The fourth-order valence-electron chi connectivity index (χ4n) is 4.11. The zero-order chi connectivity index (χ0) is 19.7. The molecular formula is C21H27N3O3S. The molecule has 2 heterocycles. The summed E-state index contributed by atoms with van der Waals surface area (Å²) < 4.78 is 27.7. The number of sulfonamides is 1. The van der Waals surface area contributed by atoms with Gasteiger partial charge in [-0.05, 0) is 42.8 Å². The standard InChI is InChI=1S/C21H27N3O3S/c1-22-12-14-23(15-13-22)21(25)18-8-10-24(11-9-18)28(26,27)20-7-6-17-4-2-3-5-19(17)16-20/h2-7,16,18H,8-15H2,1H3. The number of hydrogen-bond acceptors (Lipinski definition) is 4. The lowest BCUT2D eigenvalue weighted by atomic mass is 9.96. The molecule has 7 heteroatoms. The number of rotatable bonds is 3. The van der Waals surface area contributed by atoms with Gasteiger partial charge in [0.15, 0.2) is 0 Å². The summed E-state index contributed by atoms with van der Waals surface area (Å²) in [7, 11) is -1.47. The first-order valence-corrected chi connectivity index (χ1v) is 11.4. The van der Waals surface area contributed by atoms with Crippen LogP contribution in [-0.4, -0.2) is 74.7 Å². The van der Waals surface area contributed by atoms with E-state index in [0.29, 0.717) is 30.8 Å². The molecule has 0 radical (unpaired) electrons. The maximum atomic E-state index is 13.1. The molecule has 150 valence electrons. The summed E-state index contributed by atoms with van der Waals surface area (Å²) in [5, 5.41) is 1.95. The number of nitrogens with zero attached hydrogens (tertiary/aromatic N) is 3. The van der Waals surface area contributed by atoms with Crippen molar-refractivity contribution >= 4 is 26.7 Å². The zero-order valence-electron chi connectivity index (χ0n) is 16.3. The average molecular weight is 402 g/mol. The highest BCUT2D eigenvalue weighted by Gasteiger charge is 2.34. The molecule has 6 nitrogen and oxygen atoms in total. The van der Waals surface area contributed by atoms with Crippen molar-refractivity contribution in [2.75, 3.05) is 46.3 Å². The van der Waals surface area contributed by atoms with Gasteiger partial charge in [0, 0.05) is 45.2 Å². The van der Waals surface area contributed by atoms with Crippen molar-refractivity contribution in [3.8, 4) is 0 Å². The van der Waals surface area contributed by atoms with Crippen molar-refractivity contribution < 1.29 is 13.2 Å². The average Bonchev–Trinajstić information content (AvgIpc) is 2.73. The van der Waals surface area contributed by atoms with Gasteiger partial charge >= 0.3 is 0 Å². The van der Waals surface area contributed by atoms with Crippen molar-refractivity contribution in [2.24, 2.45) is 5.92 Å². The second kappa shape index (κ2) is 7.81. The van der Waals surface area contributed by atoms with Crippen LogP contribution in [0.15, 0.2) is 47.4 Å². The molecule has 0 bridgehead atoms. The maximum Gasteiger partial charge on any atom is 0.243 e. The molecule has 0 atom stereocenters. The number of piperazine rings is 1. The number of benzene rings is 2. The Balaban J connectivity index is 1.42. The van der Waals surface area contributed by atoms with E-state index in [0.717, 1.165) is 37.0 Å². The number of hydrogen-bond donors (Lipinski definition) is 0. The Kier molecular flexibility index (Phi) is 5.40. The molecule has 2 aliphatic rings. The summed E-state index contributed by atoms with van der Waals surface area (Å²) in [5.41, 5.74) is 0. The monoisotopic (exact) mass is 401 g/mol. The third-order valence-corrected chi connectivity index (χ3v) is 7.87. The van der Waals surface area contributed by atoms with Gasteiger partial charge in [-0.3, -0.25) is 4.79 Å². The molecule has 0 N–H and O–H groups in total. The number of likely N-dealkylation sites (N-methyl/N-ethyl adjacent to an activating group) is 1. The summed E-state index contributed by atoms with van der Waals surface area (Å²) >= 11 is 0. The number of fused-ring (bicyclic) bond motifs is 1. The third-order valence-electron chi connectivity index (χ3n) is 5.98. The van der Waals surface area contributed by atoms with Gasteiger partial charge in [0.2, 0.25) is 15.9 Å². The van der Waals surface area contributed by atoms with Crippen LogP contribution in [0.3, 0.4) is 0 Å². The summed E-state index contributed by atoms with van der Waals surface area (Å²) in [6.45, 7) is 4.15. The van der Waals surface area contributed by atoms with Crippen LogP contribution < -0.4 is 0 Å². The minimum Gasteiger partial charge on any atom is -0.340 e. The number of amides is 1. The van der Waals surface area contributed by atoms with Gasteiger partial charge in [0.05, 0.1) is 4.90 Å². The highest BCUT2D eigenvalue weighted by Crippen LogP contribution is 2.27. The fourth-order valence-corrected chi connectivity index (χ4v) is 5.61. The molecule has 4 rings (SSSR count). The largest absolute Gasteiger partial charge is 0.340 e. The van der Waals surface area contributed by atoms with Crippen LogP contribution in [0.25, 0.3) is 10.8 Å². The highest BCUT2D eigenvalue weighted by molar-refractivity contribution is 7.89.